The summed E-state index contributed by atoms with van der Waals surface area (Å²) in [5.41, 5.74) is 4.54. The van der Waals surface area contributed by atoms with E-state index >= 15 is 0 Å². The highest BCUT2D eigenvalue weighted by atomic mass is 79.9. The van der Waals surface area contributed by atoms with Gasteiger partial charge >= 0.3 is 0 Å². The van der Waals surface area contributed by atoms with Crippen molar-refractivity contribution in [3.63, 3.8) is 0 Å². The van der Waals surface area contributed by atoms with Crippen molar-refractivity contribution in [1.29, 1.82) is 0 Å². The quantitative estimate of drug-likeness (QED) is 0.614. The lowest BCUT2D eigenvalue weighted by atomic mass is 10.1. The normalized spacial score (nSPS) is 11.0. The summed E-state index contributed by atoms with van der Waals surface area (Å²) in [6.07, 6.45) is 1.60. The molecule has 3 aromatic rings. The molecule has 3 rings (SSSR count). The van der Waals surface area contributed by atoms with E-state index in [1.165, 1.54) is 0 Å². The summed E-state index contributed by atoms with van der Waals surface area (Å²) in [6, 6.07) is 7.54. The summed E-state index contributed by atoms with van der Waals surface area (Å²) >= 11 is 9.67. The van der Waals surface area contributed by atoms with Gasteiger partial charge in [0, 0.05) is 12.1 Å². The van der Waals surface area contributed by atoms with Gasteiger partial charge in [-0.1, -0.05) is 23.7 Å². The summed E-state index contributed by atoms with van der Waals surface area (Å²) in [7, 11) is 0. The van der Waals surface area contributed by atoms with E-state index in [2.05, 4.69) is 31.4 Å². The van der Waals surface area contributed by atoms with Gasteiger partial charge in [0.15, 0.2) is 0 Å². The maximum atomic E-state index is 12.4. The van der Waals surface area contributed by atoms with Crippen molar-refractivity contribution >= 4 is 33.4 Å². The third-order valence-electron chi connectivity index (χ3n) is 4.46. The van der Waals surface area contributed by atoms with Gasteiger partial charge in [-0.2, -0.15) is 10.2 Å². The Kier molecular flexibility index (Phi) is 6.01. The fourth-order valence-electron chi connectivity index (χ4n) is 2.87. The van der Waals surface area contributed by atoms with Crippen LogP contribution in [0.4, 0.5) is 0 Å². The Bertz CT molecular complexity index is 961. The maximum Gasteiger partial charge on any atom is 0.251 e. The second kappa shape index (κ2) is 8.27. The van der Waals surface area contributed by atoms with Crippen LogP contribution in [-0.4, -0.2) is 25.5 Å². The lowest BCUT2D eigenvalue weighted by molar-refractivity contribution is 0.0950. The molecule has 0 unspecified atom stereocenters. The lowest BCUT2D eigenvalue weighted by Gasteiger charge is -2.09. The molecule has 0 fully saturated rings. The molecule has 6 nitrogen and oxygen atoms in total. The Balaban J connectivity index is 1.65. The van der Waals surface area contributed by atoms with E-state index in [0.717, 1.165) is 27.1 Å². The van der Waals surface area contributed by atoms with Crippen LogP contribution in [0.2, 0.25) is 5.02 Å². The summed E-state index contributed by atoms with van der Waals surface area (Å²) in [6.45, 7) is 7.68. The number of aryl methyl sites for hydroxylation is 2. The number of rotatable bonds is 6. The first kappa shape index (κ1) is 19.6. The molecular formula is C19H21BrClN5O. The van der Waals surface area contributed by atoms with E-state index in [0.29, 0.717) is 30.2 Å². The smallest absolute Gasteiger partial charge is 0.251 e. The van der Waals surface area contributed by atoms with Crippen molar-refractivity contribution in [2.45, 2.75) is 40.4 Å². The van der Waals surface area contributed by atoms with Crippen molar-refractivity contribution in [3.05, 3.63) is 68.2 Å². The first-order valence-corrected chi connectivity index (χ1v) is 9.84. The van der Waals surface area contributed by atoms with E-state index in [1.54, 1.807) is 10.9 Å². The zero-order chi connectivity index (χ0) is 19.6. The number of aromatic nitrogens is 4. The molecule has 0 atom stereocenters. The van der Waals surface area contributed by atoms with E-state index in [9.17, 15) is 4.79 Å². The number of nitrogens with zero attached hydrogens (tertiary/aromatic N) is 4. The fourth-order valence-corrected chi connectivity index (χ4v) is 3.36. The zero-order valence-electron chi connectivity index (χ0n) is 15.5. The largest absolute Gasteiger partial charge is 0.346 e. The van der Waals surface area contributed by atoms with Crippen LogP contribution in [-0.2, 0) is 19.6 Å². The number of benzene rings is 1. The SMILES string of the molecule is CCn1ncc(Cl)c1CNC(=O)c1ccc(Cn2nc(C)c(Br)c2C)cc1. The van der Waals surface area contributed by atoms with Gasteiger partial charge in [-0.15, -0.1) is 0 Å². The Morgan fingerprint density at radius 3 is 2.52 bits per heavy atom. The van der Waals surface area contributed by atoms with E-state index in [4.69, 9.17) is 11.6 Å². The summed E-state index contributed by atoms with van der Waals surface area (Å²) in [5, 5.41) is 12.1. The van der Waals surface area contributed by atoms with Crippen LogP contribution in [0.5, 0.6) is 0 Å². The highest BCUT2D eigenvalue weighted by molar-refractivity contribution is 9.10. The van der Waals surface area contributed by atoms with Crippen molar-refractivity contribution in [2.75, 3.05) is 0 Å². The molecule has 0 saturated heterocycles. The van der Waals surface area contributed by atoms with Gasteiger partial charge in [0.25, 0.3) is 5.91 Å². The van der Waals surface area contributed by atoms with Crippen LogP contribution < -0.4 is 5.32 Å². The number of hydrogen-bond acceptors (Lipinski definition) is 3. The molecular weight excluding hydrogens is 430 g/mol. The minimum atomic E-state index is -0.143. The van der Waals surface area contributed by atoms with Crippen LogP contribution in [0.1, 0.15) is 39.9 Å². The monoisotopic (exact) mass is 449 g/mol. The van der Waals surface area contributed by atoms with E-state index in [1.807, 2.05) is 49.7 Å². The molecule has 1 aromatic carbocycles. The van der Waals surface area contributed by atoms with Crippen molar-refractivity contribution in [3.8, 4) is 0 Å². The summed E-state index contributed by atoms with van der Waals surface area (Å²) in [5.74, 6) is -0.143. The van der Waals surface area contributed by atoms with Gasteiger partial charge in [-0.3, -0.25) is 14.2 Å². The average Bonchev–Trinajstić information content (AvgIpc) is 3.14. The molecule has 27 heavy (non-hydrogen) atoms. The van der Waals surface area contributed by atoms with Crippen LogP contribution in [0.25, 0.3) is 0 Å². The Morgan fingerprint density at radius 2 is 1.93 bits per heavy atom. The van der Waals surface area contributed by atoms with Crippen LogP contribution in [0.3, 0.4) is 0 Å². The first-order valence-electron chi connectivity index (χ1n) is 8.67. The van der Waals surface area contributed by atoms with Gasteiger partial charge in [-0.25, -0.2) is 0 Å². The average molecular weight is 451 g/mol. The van der Waals surface area contributed by atoms with Crippen LogP contribution in [0.15, 0.2) is 34.9 Å². The standard InChI is InChI=1S/C19H21BrClN5O/c1-4-25-17(16(21)9-23-25)10-22-19(27)15-7-5-14(6-8-15)11-26-13(3)18(20)12(2)24-26/h5-9H,4,10-11H2,1-3H3,(H,22,27). The molecule has 0 radical (unpaired) electrons. The molecule has 1 N–H and O–H groups in total. The van der Waals surface area contributed by atoms with Gasteiger partial charge in [0.1, 0.15) is 0 Å². The highest BCUT2D eigenvalue weighted by Crippen LogP contribution is 2.21. The minimum absolute atomic E-state index is 0.143. The Labute approximate surface area is 171 Å². The molecule has 0 bridgehead atoms. The number of carbonyl (C=O) groups excluding carboxylic acids is 1. The molecule has 0 aliphatic heterocycles. The third-order valence-corrected chi connectivity index (χ3v) is 5.92. The third kappa shape index (κ3) is 4.25. The molecule has 2 heterocycles. The molecule has 142 valence electrons. The minimum Gasteiger partial charge on any atom is -0.346 e. The first-order chi connectivity index (χ1) is 12.9. The Hall–Kier alpha value is -2.12. The lowest BCUT2D eigenvalue weighted by Crippen LogP contribution is -2.24. The van der Waals surface area contributed by atoms with Gasteiger partial charge in [0.2, 0.25) is 0 Å². The topological polar surface area (TPSA) is 64.7 Å². The summed E-state index contributed by atoms with van der Waals surface area (Å²) < 4.78 is 4.75. The molecule has 0 saturated carbocycles. The molecule has 8 heteroatoms. The number of hydrogen-bond donors (Lipinski definition) is 1. The molecule has 0 aliphatic rings. The number of carbonyl (C=O) groups is 1. The van der Waals surface area contributed by atoms with Crippen molar-refractivity contribution < 1.29 is 4.79 Å². The molecule has 0 spiro atoms. The molecule has 1 amide bonds. The highest BCUT2D eigenvalue weighted by Gasteiger charge is 2.12. The maximum absolute atomic E-state index is 12.4. The molecule has 0 aliphatic carbocycles. The number of halogens is 2. The van der Waals surface area contributed by atoms with Gasteiger partial charge in [-0.05, 0) is 54.4 Å². The van der Waals surface area contributed by atoms with Gasteiger partial charge < -0.3 is 5.32 Å². The predicted molar refractivity (Wildman–Crippen MR) is 109 cm³/mol. The van der Waals surface area contributed by atoms with Crippen LogP contribution in [0, 0.1) is 13.8 Å². The van der Waals surface area contributed by atoms with Gasteiger partial charge in [0.05, 0.1) is 45.9 Å². The van der Waals surface area contributed by atoms with E-state index < -0.39 is 0 Å². The van der Waals surface area contributed by atoms with Crippen LogP contribution >= 0.6 is 27.5 Å². The van der Waals surface area contributed by atoms with E-state index in [-0.39, 0.29) is 5.91 Å². The second-order valence-electron chi connectivity index (χ2n) is 6.28. The second-order valence-corrected chi connectivity index (χ2v) is 7.48. The predicted octanol–water partition coefficient (Wildman–Crippen LogP) is 4.11. The summed E-state index contributed by atoms with van der Waals surface area (Å²) in [4.78, 5) is 12.4. The Morgan fingerprint density at radius 1 is 1.22 bits per heavy atom. The zero-order valence-corrected chi connectivity index (χ0v) is 17.8. The van der Waals surface area contributed by atoms with Crippen molar-refractivity contribution in [2.24, 2.45) is 0 Å². The number of amides is 1. The van der Waals surface area contributed by atoms with Crippen molar-refractivity contribution in [1.82, 2.24) is 24.9 Å². The number of nitrogens with one attached hydrogen (secondary N) is 1. The fraction of sp³-hybridized carbons (Fsp3) is 0.316. The molecule has 2 aromatic heterocycles.